The lowest BCUT2D eigenvalue weighted by molar-refractivity contribution is -0.136. The molecule has 6 atom stereocenters. The average molecular weight is 1000 g/mol. The summed E-state index contributed by atoms with van der Waals surface area (Å²) in [5, 5.41) is 30.9. The first-order chi connectivity index (χ1) is 34.9. The molecular weight excluding hydrogens is 923 g/mol. The van der Waals surface area contributed by atoms with Gasteiger partial charge in [-0.15, -0.1) is 16.6 Å². The van der Waals surface area contributed by atoms with Gasteiger partial charge in [-0.1, -0.05) is 69.0 Å². The number of carbonyl (C=O) groups is 2. The number of phenols is 1. The van der Waals surface area contributed by atoms with Gasteiger partial charge < -0.3 is 61.4 Å². The minimum absolute atomic E-state index is 0.0294. The van der Waals surface area contributed by atoms with Crippen molar-refractivity contribution in [1.82, 2.24) is 54.7 Å². The fourth-order valence-electron chi connectivity index (χ4n) is 8.48. The Hall–Kier alpha value is -6.03. The molecule has 0 bridgehead atoms. The number of nitrogens with one attached hydrogen (secondary N) is 1. The molecule has 8 N–H and O–H groups in total. The number of nitrogens with two attached hydrogens (primary N) is 3. The van der Waals surface area contributed by atoms with E-state index >= 15 is 0 Å². The number of unbranched alkanes of at least 4 members (excludes halogenated alkanes) is 1. The number of aromatic nitrogens is 9. The van der Waals surface area contributed by atoms with E-state index in [-0.39, 0.29) is 48.1 Å². The minimum atomic E-state index is -0.693. The number of carbonyl (C=O) groups excluding carboxylic acids is 2. The van der Waals surface area contributed by atoms with Crippen molar-refractivity contribution < 1.29 is 28.9 Å². The van der Waals surface area contributed by atoms with Crippen molar-refractivity contribution in [3.05, 3.63) is 53.6 Å². The summed E-state index contributed by atoms with van der Waals surface area (Å²) < 4.78 is 19.9. The van der Waals surface area contributed by atoms with Crippen molar-refractivity contribution in [3.8, 4) is 18.1 Å². The highest BCUT2D eigenvalue weighted by atomic mass is 16.5. The number of phenolic OH excluding ortho intramolecular Hbond substituents is 1. The number of hydrogen-bond acceptors (Lipinski definition) is 19. The Morgan fingerprint density at radius 3 is 1.74 bits per heavy atom. The van der Waals surface area contributed by atoms with Crippen molar-refractivity contribution in [2.24, 2.45) is 29.0 Å². The fraction of sp³-hybridized carbons (Fsp3) is 0.653. The van der Waals surface area contributed by atoms with Crippen LogP contribution in [0.25, 0.3) is 0 Å². The molecule has 6 rings (SSSR count). The lowest BCUT2D eigenvalue weighted by atomic mass is 9.98. The molecular formula is C49H77N17O6. The van der Waals surface area contributed by atoms with Crippen molar-refractivity contribution >= 4 is 29.7 Å². The number of anilines is 3. The van der Waals surface area contributed by atoms with Gasteiger partial charge in [0.05, 0.1) is 68.9 Å². The van der Waals surface area contributed by atoms with Crippen LogP contribution in [0.15, 0.2) is 36.7 Å². The molecule has 5 heterocycles. The minimum Gasteiger partial charge on any atom is -0.508 e. The van der Waals surface area contributed by atoms with Crippen LogP contribution >= 0.6 is 0 Å². The number of aromatic hydroxyl groups is 1. The van der Waals surface area contributed by atoms with E-state index in [0.717, 1.165) is 31.2 Å². The first kappa shape index (κ1) is 55.3. The topological polar surface area (TPSA) is 285 Å². The summed E-state index contributed by atoms with van der Waals surface area (Å²) in [4.78, 5) is 51.3. The third-order valence-electron chi connectivity index (χ3n) is 13.6. The van der Waals surface area contributed by atoms with E-state index in [4.69, 9.17) is 52.8 Å². The number of piperazine rings is 2. The molecule has 0 radical (unpaired) electrons. The Morgan fingerprint density at radius 2 is 1.22 bits per heavy atom. The van der Waals surface area contributed by atoms with Crippen molar-refractivity contribution in [1.29, 1.82) is 0 Å². The molecule has 3 aromatic heterocycles. The standard InChI is InChI=1S/C49H77N17O6/c1-6-26-70-28-30-72-31-29-71-27-17-53-47-54-48(63-22-18-61(19-23-63)45(68)41(11-9-10-16-50)65-33-39(57-59-65)43(51)35(4)7-2)56-49(55-47)64-24-20-62(21-25-64)46(69)42(32-37-12-14-38(67)15-13-37)66-34-40(58-60-66)44(52)36(5)8-3/h1,12-15,33-36,41-44,67H,7-11,16-32,50-52H2,2-5H3,(H,53,54,55,56)/t35?,36?,41-,42+,43-,44-/m0/s1. The van der Waals surface area contributed by atoms with Gasteiger partial charge in [0.25, 0.3) is 0 Å². The van der Waals surface area contributed by atoms with Crippen molar-refractivity contribution in [2.45, 2.75) is 90.4 Å². The highest BCUT2D eigenvalue weighted by molar-refractivity contribution is 5.81. The Bertz CT molecular complexity index is 2290. The van der Waals surface area contributed by atoms with Crippen LogP contribution in [-0.4, -0.2) is 177 Å². The van der Waals surface area contributed by atoms with Crippen molar-refractivity contribution in [3.63, 3.8) is 0 Å². The van der Waals surface area contributed by atoms with E-state index in [1.54, 1.807) is 39.8 Å². The molecule has 72 heavy (non-hydrogen) atoms. The van der Waals surface area contributed by atoms with Gasteiger partial charge in [-0.2, -0.15) is 15.0 Å². The molecule has 2 saturated heterocycles. The van der Waals surface area contributed by atoms with E-state index in [9.17, 15) is 14.7 Å². The smallest absolute Gasteiger partial charge is 0.247 e. The van der Waals surface area contributed by atoms with Gasteiger partial charge >= 0.3 is 0 Å². The number of rotatable bonds is 29. The van der Waals surface area contributed by atoms with Gasteiger partial charge in [0.1, 0.15) is 24.4 Å². The van der Waals surface area contributed by atoms with Crippen LogP contribution in [0, 0.1) is 24.2 Å². The van der Waals surface area contributed by atoms with Gasteiger partial charge in [0.2, 0.25) is 29.7 Å². The van der Waals surface area contributed by atoms with Crippen LogP contribution in [0.1, 0.15) is 101 Å². The largest absolute Gasteiger partial charge is 0.508 e. The van der Waals surface area contributed by atoms with E-state index in [2.05, 4.69) is 69.4 Å². The highest BCUT2D eigenvalue weighted by Gasteiger charge is 2.34. The zero-order chi connectivity index (χ0) is 51.4. The number of hydrogen-bond donors (Lipinski definition) is 5. The van der Waals surface area contributed by atoms with Gasteiger partial charge in [-0.25, -0.2) is 9.36 Å². The fourth-order valence-corrected chi connectivity index (χ4v) is 8.48. The van der Waals surface area contributed by atoms with Gasteiger partial charge in [0.15, 0.2) is 0 Å². The molecule has 23 nitrogen and oxygen atoms in total. The maximum atomic E-state index is 14.5. The summed E-state index contributed by atoms with van der Waals surface area (Å²) in [6.07, 6.45) is 13.1. The zero-order valence-corrected chi connectivity index (χ0v) is 42.6. The second-order valence-corrected chi connectivity index (χ2v) is 18.5. The van der Waals surface area contributed by atoms with Crippen LogP contribution in [0.5, 0.6) is 5.75 Å². The molecule has 394 valence electrons. The Morgan fingerprint density at radius 1 is 0.722 bits per heavy atom. The summed E-state index contributed by atoms with van der Waals surface area (Å²) in [6.45, 7) is 15.1. The Kier molecular flexibility index (Phi) is 21.7. The summed E-state index contributed by atoms with van der Waals surface area (Å²) >= 11 is 0. The van der Waals surface area contributed by atoms with E-state index in [1.807, 2.05) is 16.0 Å². The molecule has 23 heteroatoms. The molecule has 0 aliphatic carbocycles. The Balaban J connectivity index is 1.14. The highest BCUT2D eigenvalue weighted by Crippen LogP contribution is 2.27. The molecule has 2 aliphatic rings. The first-order valence-electron chi connectivity index (χ1n) is 25.5. The van der Waals surface area contributed by atoms with E-state index < -0.39 is 12.1 Å². The van der Waals surface area contributed by atoms with Gasteiger partial charge in [0, 0.05) is 65.3 Å². The van der Waals surface area contributed by atoms with E-state index in [1.165, 1.54) is 0 Å². The third kappa shape index (κ3) is 15.5. The number of ether oxygens (including phenoxy) is 3. The molecule has 4 aromatic rings. The maximum absolute atomic E-state index is 14.5. The molecule has 1 aromatic carbocycles. The normalized spacial score (nSPS) is 16.8. The van der Waals surface area contributed by atoms with Gasteiger partial charge in [-0.05, 0) is 55.3 Å². The van der Waals surface area contributed by atoms with Gasteiger partial charge in [-0.3, -0.25) is 9.59 Å². The predicted molar refractivity (Wildman–Crippen MR) is 273 cm³/mol. The van der Waals surface area contributed by atoms with Crippen molar-refractivity contribution in [2.75, 3.05) is 120 Å². The average Bonchev–Trinajstić information content (AvgIpc) is 4.11. The van der Waals surface area contributed by atoms with Crippen LogP contribution in [0.3, 0.4) is 0 Å². The quantitative estimate of drug-likeness (QED) is 0.0385. The van der Waals surface area contributed by atoms with E-state index in [0.29, 0.717) is 141 Å². The molecule has 2 amide bonds. The lowest BCUT2D eigenvalue weighted by Gasteiger charge is -2.38. The molecule has 2 aliphatic heterocycles. The summed E-state index contributed by atoms with van der Waals surface area (Å²) in [7, 11) is 0. The number of nitrogens with zero attached hydrogens (tertiary/aromatic N) is 13. The number of terminal acetylenes is 1. The summed E-state index contributed by atoms with van der Waals surface area (Å²) in [5.41, 5.74) is 21.1. The van der Waals surface area contributed by atoms with Crippen LogP contribution < -0.4 is 32.3 Å². The molecule has 2 unspecified atom stereocenters. The second-order valence-electron chi connectivity index (χ2n) is 18.5. The van der Waals surface area contributed by atoms with Crippen LogP contribution in [-0.2, 0) is 30.2 Å². The summed E-state index contributed by atoms with van der Waals surface area (Å²) in [5.74, 6) is 4.14. The molecule has 2 fully saturated rings. The molecule has 0 spiro atoms. The molecule has 0 saturated carbocycles. The Labute approximate surface area is 423 Å². The van der Waals surface area contributed by atoms with Crippen LogP contribution in [0.4, 0.5) is 17.8 Å². The lowest BCUT2D eigenvalue weighted by Crippen LogP contribution is -2.52. The second kappa shape index (κ2) is 28.3. The summed E-state index contributed by atoms with van der Waals surface area (Å²) in [6, 6.07) is 5.01. The SMILES string of the molecule is C#CCOCCOCCOCCNc1nc(N2CCN(C(=O)[C@@H](Cc3ccc(O)cc3)n3cc([C@@H](N)C(C)CC)nn3)CC2)nc(N2CCN(C(=O)[C@H](CCCCN)n3cc([C@@H](N)C(C)CC)nn3)CC2)n1. The van der Waals surface area contributed by atoms with Crippen LogP contribution in [0.2, 0.25) is 0 Å². The number of benzene rings is 1. The predicted octanol–water partition coefficient (Wildman–Crippen LogP) is 2.10. The first-order valence-corrected chi connectivity index (χ1v) is 25.5. The third-order valence-corrected chi connectivity index (χ3v) is 13.6. The number of amides is 2. The monoisotopic (exact) mass is 1000 g/mol. The zero-order valence-electron chi connectivity index (χ0n) is 42.6. The maximum Gasteiger partial charge on any atom is 0.247 e.